The van der Waals surface area contributed by atoms with Crippen LogP contribution in [0.25, 0.3) is 21.9 Å². The van der Waals surface area contributed by atoms with Crippen molar-refractivity contribution >= 4 is 27.8 Å². The zero-order valence-corrected chi connectivity index (χ0v) is 14.9. The van der Waals surface area contributed by atoms with Gasteiger partial charge in [0.05, 0.1) is 17.4 Å². The third-order valence-electron chi connectivity index (χ3n) is 6.34. The molecule has 2 aromatic carbocycles. The van der Waals surface area contributed by atoms with E-state index in [0.29, 0.717) is 5.92 Å². The number of aromatic nitrogens is 3. The van der Waals surface area contributed by atoms with Crippen LogP contribution in [0.4, 0.5) is 0 Å². The highest BCUT2D eigenvalue weighted by molar-refractivity contribution is 5.97. The first-order chi connectivity index (χ1) is 13.3. The van der Waals surface area contributed by atoms with Gasteiger partial charge < -0.3 is 14.9 Å². The van der Waals surface area contributed by atoms with Crippen LogP contribution in [0.2, 0.25) is 0 Å². The molecule has 0 radical (unpaired) electrons. The first kappa shape index (κ1) is 15.0. The van der Waals surface area contributed by atoms with Crippen molar-refractivity contribution in [2.45, 2.75) is 31.2 Å². The Morgan fingerprint density at radius 2 is 2.07 bits per heavy atom. The zero-order valence-electron chi connectivity index (χ0n) is 14.9. The fourth-order valence-electron chi connectivity index (χ4n) is 5.03. The van der Waals surface area contributed by atoms with E-state index in [-0.39, 0.29) is 11.9 Å². The lowest BCUT2D eigenvalue weighted by molar-refractivity contribution is 0.0573. The highest BCUT2D eigenvalue weighted by Crippen LogP contribution is 2.42. The molecule has 1 saturated heterocycles. The Balaban J connectivity index is 1.36. The normalized spacial score (nSPS) is 21.6. The van der Waals surface area contributed by atoms with Gasteiger partial charge >= 0.3 is 0 Å². The van der Waals surface area contributed by atoms with Crippen LogP contribution in [-0.2, 0) is 6.42 Å². The second-order valence-corrected chi connectivity index (χ2v) is 7.78. The molecule has 2 bridgehead atoms. The second kappa shape index (κ2) is 5.46. The number of nitrogens with zero attached hydrogens (tertiary/aromatic N) is 2. The largest absolute Gasteiger partial charge is 0.358 e. The van der Waals surface area contributed by atoms with Gasteiger partial charge in [0.15, 0.2) is 0 Å². The first-order valence-corrected chi connectivity index (χ1v) is 9.61. The number of aromatic amines is 2. The molecule has 1 aliphatic carbocycles. The summed E-state index contributed by atoms with van der Waals surface area (Å²) in [7, 11) is 0. The fraction of sp³-hybridized carbons (Fsp3) is 0.273. The van der Waals surface area contributed by atoms with E-state index in [2.05, 4.69) is 44.1 Å². The van der Waals surface area contributed by atoms with E-state index in [0.717, 1.165) is 42.4 Å². The highest BCUT2D eigenvalue weighted by atomic mass is 16.2. The standard InChI is InChI=1S/C22H20N4O/c27-22(14-5-6-19-20(10-14)24-12-23-19)26-8-7-13-9-15(26)11-17-16-3-1-2-4-18(16)25-21(13)17/h1-6,10,12-13,15,25H,7-9,11H2,(H,23,24). The maximum absolute atomic E-state index is 13.3. The van der Waals surface area contributed by atoms with Gasteiger partial charge in [-0.05, 0) is 49.1 Å². The molecule has 3 heterocycles. The topological polar surface area (TPSA) is 64.8 Å². The van der Waals surface area contributed by atoms with Crippen molar-refractivity contribution in [2.75, 3.05) is 6.54 Å². The summed E-state index contributed by atoms with van der Waals surface area (Å²) in [5.74, 6) is 0.670. The maximum Gasteiger partial charge on any atom is 0.254 e. The van der Waals surface area contributed by atoms with E-state index in [1.54, 1.807) is 6.33 Å². The number of likely N-dealkylation sites (tertiary alicyclic amines) is 1. The van der Waals surface area contributed by atoms with E-state index in [9.17, 15) is 4.79 Å². The molecule has 5 heteroatoms. The van der Waals surface area contributed by atoms with Gasteiger partial charge in [0, 0.05) is 40.7 Å². The fourth-order valence-corrected chi connectivity index (χ4v) is 5.03. The third kappa shape index (κ3) is 2.17. The monoisotopic (exact) mass is 356 g/mol. The molecule has 1 amide bonds. The Kier molecular flexibility index (Phi) is 3.04. The number of nitrogens with one attached hydrogen (secondary N) is 2. The number of fused-ring (bicyclic) bond motifs is 7. The van der Waals surface area contributed by atoms with Crippen molar-refractivity contribution < 1.29 is 4.79 Å². The summed E-state index contributed by atoms with van der Waals surface area (Å²) in [6, 6.07) is 14.6. The molecule has 2 aromatic heterocycles. The number of rotatable bonds is 1. The number of hydrogen-bond acceptors (Lipinski definition) is 2. The van der Waals surface area contributed by atoms with E-state index < -0.39 is 0 Å². The van der Waals surface area contributed by atoms with Crippen molar-refractivity contribution in [3.8, 4) is 0 Å². The van der Waals surface area contributed by atoms with E-state index in [1.807, 2.05) is 18.2 Å². The summed E-state index contributed by atoms with van der Waals surface area (Å²) in [6.07, 6.45) is 4.68. The molecule has 134 valence electrons. The summed E-state index contributed by atoms with van der Waals surface area (Å²) in [6.45, 7) is 0.823. The Hall–Kier alpha value is -3.08. The summed E-state index contributed by atoms with van der Waals surface area (Å²) in [5.41, 5.74) is 6.59. The molecule has 1 fully saturated rings. The van der Waals surface area contributed by atoms with Crippen LogP contribution in [0.1, 0.15) is 40.4 Å². The number of para-hydroxylation sites is 1. The SMILES string of the molecule is O=C(c1ccc2nc[nH]c2c1)N1CCC2CC1Cc1c2[nH]c2ccccc12. The molecule has 5 nitrogen and oxygen atoms in total. The van der Waals surface area contributed by atoms with Crippen LogP contribution in [0.3, 0.4) is 0 Å². The van der Waals surface area contributed by atoms with Crippen LogP contribution in [-0.4, -0.2) is 38.3 Å². The van der Waals surface area contributed by atoms with Crippen LogP contribution in [0.5, 0.6) is 0 Å². The van der Waals surface area contributed by atoms with Gasteiger partial charge in [-0.15, -0.1) is 0 Å². The van der Waals surface area contributed by atoms with E-state index >= 15 is 0 Å². The zero-order chi connectivity index (χ0) is 18.0. The van der Waals surface area contributed by atoms with Crippen LogP contribution < -0.4 is 0 Å². The molecule has 2 unspecified atom stereocenters. The Morgan fingerprint density at radius 1 is 1.15 bits per heavy atom. The van der Waals surface area contributed by atoms with Crippen molar-refractivity contribution in [1.82, 2.24) is 19.9 Å². The van der Waals surface area contributed by atoms with Gasteiger partial charge in [-0.3, -0.25) is 4.79 Å². The summed E-state index contributed by atoms with van der Waals surface area (Å²) in [4.78, 5) is 26.4. The van der Waals surface area contributed by atoms with Gasteiger partial charge in [0.1, 0.15) is 0 Å². The Morgan fingerprint density at radius 3 is 3.04 bits per heavy atom. The number of piperidine rings is 1. The van der Waals surface area contributed by atoms with Gasteiger partial charge in [0.2, 0.25) is 0 Å². The van der Waals surface area contributed by atoms with E-state index in [4.69, 9.17) is 0 Å². The second-order valence-electron chi connectivity index (χ2n) is 7.78. The molecule has 2 N–H and O–H groups in total. The molecule has 1 aliphatic heterocycles. The third-order valence-corrected chi connectivity index (χ3v) is 6.34. The molecule has 2 atom stereocenters. The van der Waals surface area contributed by atoms with Crippen molar-refractivity contribution in [3.05, 3.63) is 65.6 Å². The number of amides is 1. The summed E-state index contributed by atoms with van der Waals surface area (Å²) >= 11 is 0. The predicted octanol–water partition coefficient (Wildman–Crippen LogP) is 3.99. The number of carbonyl (C=O) groups excluding carboxylic acids is 1. The quantitative estimate of drug-likeness (QED) is 0.542. The smallest absolute Gasteiger partial charge is 0.254 e. The number of hydrogen-bond donors (Lipinski definition) is 2. The maximum atomic E-state index is 13.3. The lowest BCUT2D eigenvalue weighted by Crippen LogP contribution is -2.48. The molecule has 6 rings (SSSR count). The lowest BCUT2D eigenvalue weighted by atomic mass is 9.78. The molecule has 2 aliphatic rings. The number of imidazole rings is 1. The molecular weight excluding hydrogens is 336 g/mol. The van der Waals surface area contributed by atoms with Gasteiger partial charge in [-0.1, -0.05) is 18.2 Å². The van der Waals surface area contributed by atoms with E-state index in [1.165, 1.54) is 22.2 Å². The first-order valence-electron chi connectivity index (χ1n) is 9.61. The Bertz CT molecular complexity index is 1190. The predicted molar refractivity (Wildman–Crippen MR) is 105 cm³/mol. The average Bonchev–Trinajstić information content (AvgIpc) is 3.32. The molecule has 27 heavy (non-hydrogen) atoms. The Labute approximate surface area is 156 Å². The molecular formula is C22H20N4O. The van der Waals surface area contributed by atoms with Crippen molar-refractivity contribution in [2.24, 2.45) is 0 Å². The molecule has 0 saturated carbocycles. The average molecular weight is 356 g/mol. The van der Waals surface area contributed by atoms with Gasteiger partial charge in [-0.25, -0.2) is 4.98 Å². The lowest BCUT2D eigenvalue weighted by Gasteiger charge is -2.43. The number of H-pyrrole nitrogens is 2. The summed E-state index contributed by atoms with van der Waals surface area (Å²) in [5, 5.41) is 1.32. The minimum absolute atomic E-state index is 0.137. The van der Waals surface area contributed by atoms with Crippen molar-refractivity contribution in [3.63, 3.8) is 0 Å². The summed E-state index contributed by atoms with van der Waals surface area (Å²) < 4.78 is 0. The van der Waals surface area contributed by atoms with Crippen LogP contribution in [0.15, 0.2) is 48.8 Å². The van der Waals surface area contributed by atoms with Crippen LogP contribution in [0, 0.1) is 0 Å². The minimum Gasteiger partial charge on any atom is -0.358 e. The highest BCUT2D eigenvalue weighted by Gasteiger charge is 2.39. The number of carbonyl (C=O) groups is 1. The minimum atomic E-state index is 0.137. The van der Waals surface area contributed by atoms with Gasteiger partial charge in [-0.2, -0.15) is 0 Å². The van der Waals surface area contributed by atoms with Crippen molar-refractivity contribution in [1.29, 1.82) is 0 Å². The molecule has 4 aromatic rings. The molecule has 0 spiro atoms. The number of benzene rings is 2. The van der Waals surface area contributed by atoms with Gasteiger partial charge in [0.25, 0.3) is 5.91 Å². The van der Waals surface area contributed by atoms with Crippen LogP contribution >= 0.6 is 0 Å².